The van der Waals surface area contributed by atoms with Gasteiger partial charge in [0.1, 0.15) is 0 Å². The lowest BCUT2D eigenvalue weighted by Gasteiger charge is -2.03. The Bertz CT molecular complexity index is 562. The normalized spacial score (nSPS) is 11.3. The zero-order valence-electron chi connectivity index (χ0n) is 12.5. The maximum Gasteiger partial charge on any atom is 0.176 e. The monoisotopic (exact) mass is 285 g/mol. The molecule has 1 aromatic carbocycles. The molecule has 0 amide bonds. The summed E-state index contributed by atoms with van der Waals surface area (Å²) < 4.78 is 0. The van der Waals surface area contributed by atoms with E-state index in [1.807, 2.05) is 30.5 Å². The van der Waals surface area contributed by atoms with Gasteiger partial charge in [-0.15, -0.1) is 5.10 Å². The van der Waals surface area contributed by atoms with Crippen LogP contribution in [0.2, 0.25) is 0 Å². The van der Waals surface area contributed by atoms with Gasteiger partial charge in [-0.05, 0) is 19.4 Å². The highest BCUT2D eigenvalue weighted by molar-refractivity contribution is 5.90. The lowest BCUT2D eigenvalue weighted by Crippen LogP contribution is -2.16. The summed E-state index contributed by atoms with van der Waals surface area (Å²) in [5, 5.41) is 17.8. The minimum Gasteiger partial charge on any atom is -0.316 e. The number of hydrogen-bond donors (Lipinski definition) is 2. The van der Waals surface area contributed by atoms with Crippen LogP contribution in [0.5, 0.6) is 0 Å². The quantitative estimate of drug-likeness (QED) is 0.422. The smallest absolute Gasteiger partial charge is 0.176 e. The summed E-state index contributed by atoms with van der Waals surface area (Å²) in [5.74, 6) is 0.695. The molecular formula is C16H23N5. The Morgan fingerprint density at radius 2 is 2.10 bits per heavy atom. The molecule has 1 aromatic heterocycles. The molecule has 2 rings (SSSR count). The fourth-order valence-electron chi connectivity index (χ4n) is 2.07. The molecule has 0 saturated heterocycles. The molecule has 0 spiro atoms. The van der Waals surface area contributed by atoms with Crippen LogP contribution in [-0.2, 0) is 0 Å². The van der Waals surface area contributed by atoms with E-state index in [2.05, 4.69) is 33.0 Å². The molecule has 0 aliphatic heterocycles. The van der Waals surface area contributed by atoms with E-state index in [9.17, 15) is 0 Å². The summed E-state index contributed by atoms with van der Waals surface area (Å²) in [6.07, 6.45) is 8.33. The van der Waals surface area contributed by atoms with Crippen LogP contribution >= 0.6 is 0 Å². The van der Waals surface area contributed by atoms with Crippen LogP contribution in [0, 0.1) is 0 Å². The van der Waals surface area contributed by atoms with Gasteiger partial charge in [0.25, 0.3) is 0 Å². The van der Waals surface area contributed by atoms with E-state index in [0.717, 1.165) is 30.3 Å². The first-order valence-electron chi connectivity index (χ1n) is 7.60. The SMILES string of the molecule is CCCCCNCC/C=N\Nc1nncc2ccccc12. The van der Waals surface area contributed by atoms with Crippen LogP contribution in [0.25, 0.3) is 10.8 Å². The third-order valence-electron chi connectivity index (χ3n) is 3.24. The summed E-state index contributed by atoms with van der Waals surface area (Å²) >= 11 is 0. The van der Waals surface area contributed by atoms with E-state index < -0.39 is 0 Å². The molecule has 0 bridgehead atoms. The van der Waals surface area contributed by atoms with E-state index in [-0.39, 0.29) is 0 Å². The van der Waals surface area contributed by atoms with Crippen LogP contribution in [-0.4, -0.2) is 29.5 Å². The molecule has 2 aromatic rings. The number of aromatic nitrogens is 2. The van der Waals surface area contributed by atoms with Crippen molar-refractivity contribution < 1.29 is 0 Å². The van der Waals surface area contributed by atoms with Gasteiger partial charge in [0.05, 0.1) is 6.20 Å². The third kappa shape index (κ3) is 5.11. The van der Waals surface area contributed by atoms with Gasteiger partial charge in [0, 0.05) is 23.5 Å². The first kappa shape index (κ1) is 15.4. The predicted molar refractivity (Wildman–Crippen MR) is 88.7 cm³/mol. The van der Waals surface area contributed by atoms with Crippen molar-refractivity contribution in [2.45, 2.75) is 32.6 Å². The van der Waals surface area contributed by atoms with E-state index in [1.54, 1.807) is 6.20 Å². The van der Waals surface area contributed by atoms with Gasteiger partial charge < -0.3 is 5.32 Å². The highest BCUT2D eigenvalue weighted by Crippen LogP contribution is 2.18. The van der Waals surface area contributed by atoms with Crippen molar-refractivity contribution in [2.24, 2.45) is 5.10 Å². The second-order valence-electron chi connectivity index (χ2n) is 4.95. The van der Waals surface area contributed by atoms with Gasteiger partial charge in [0.15, 0.2) is 5.82 Å². The number of hydrazone groups is 1. The molecule has 0 aliphatic rings. The van der Waals surface area contributed by atoms with Crippen molar-refractivity contribution in [1.82, 2.24) is 15.5 Å². The number of anilines is 1. The van der Waals surface area contributed by atoms with E-state index >= 15 is 0 Å². The van der Waals surface area contributed by atoms with Crippen molar-refractivity contribution in [3.63, 3.8) is 0 Å². The standard InChI is InChI=1S/C16H23N5/c1-2-3-6-10-17-11-7-12-18-20-16-15-9-5-4-8-14(15)13-19-21-16/h4-5,8-9,12-13,17H,2-3,6-7,10-11H2,1H3,(H,20,21)/b18-12-. The number of hydrogen-bond acceptors (Lipinski definition) is 5. The zero-order valence-corrected chi connectivity index (χ0v) is 12.5. The van der Waals surface area contributed by atoms with Crippen molar-refractivity contribution in [1.29, 1.82) is 0 Å². The minimum atomic E-state index is 0.695. The van der Waals surface area contributed by atoms with Crippen molar-refractivity contribution >= 4 is 22.8 Å². The molecule has 0 unspecified atom stereocenters. The Balaban J connectivity index is 1.73. The second kappa shape index (κ2) is 9.02. The van der Waals surface area contributed by atoms with E-state index in [1.165, 1.54) is 19.3 Å². The second-order valence-corrected chi connectivity index (χ2v) is 4.95. The van der Waals surface area contributed by atoms with Gasteiger partial charge in [-0.1, -0.05) is 44.0 Å². The van der Waals surface area contributed by atoms with Crippen LogP contribution in [0.3, 0.4) is 0 Å². The Kier molecular flexibility index (Phi) is 6.61. The van der Waals surface area contributed by atoms with E-state index in [0.29, 0.717) is 5.82 Å². The fourth-order valence-corrected chi connectivity index (χ4v) is 2.07. The van der Waals surface area contributed by atoms with Gasteiger partial charge >= 0.3 is 0 Å². The summed E-state index contributed by atoms with van der Waals surface area (Å²) in [4.78, 5) is 0. The van der Waals surface area contributed by atoms with Crippen LogP contribution in [0.1, 0.15) is 32.6 Å². The zero-order chi connectivity index (χ0) is 14.8. The Morgan fingerprint density at radius 1 is 1.19 bits per heavy atom. The molecule has 5 nitrogen and oxygen atoms in total. The number of benzene rings is 1. The number of unbranched alkanes of at least 4 members (excludes halogenated alkanes) is 2. The Morgan fingerprint density at radius 3 is 3.00 bits per heavy atom. The Hall–Kier alpha value is -2.01. The lowest BCUT2D eigenvalue weighted by atomic mass is 10.2. The van der Waals surface area contributed by atoms with Crippen LogP contribution < -0.4 is 10.7 Å². The summed E-state index contributed by atoms with van der Waals surface area (Å²) in [5.41, 5.74) is 2.97. The molecule has 0 atom stereocenters. The molecule has 21 heavy (non-hydrogen) atoms. The molecule has 0 radical (unpaired) electrons. The number of rotatable bonds is 9. The third-order valence-corrected chi connectivity index (χ3v) is 3.24. The van der Waals surface area contributed by atoms with Gasteiger partial charge in [-0.2, -0.15) is 10.2 Å². The molecule has 5 heteroatoms. The largest absolute Gasteiger partial charge is 0.316 e. The predicted octanol–water partition coefficient (Wildman–Crippen LogP) is 3.20. The fraction of sp³-hybridized carbons (Fsp3) is 0.438. The maximum atomic E-state index is 4.21. The highest BCUT2D eigenvalue weighted by atomic mass is 15.3. The van der Waals surface area contributed by atoms with Crippen molar-refractivity contribution in [3.05, 3.63) is 30.5 Å². The average molecular weight is 285 g/mol. The van der Waals surface area contributed by atoms with Gasteiger partial charge in [-0.25, -0.2) is 0 Å². The molecule has 112 valence electrons. The molecule has 1 heterocycles. The molecule has 0 aliphatic carbocycles. The van der Waals surface area contributed by atoms with Gasteiger partial charge in [-0.3, -0.25) is 5.43 Å². The molecular weight excluding hydrogens is 262 g/mol. The maximum absolute atomic E-state index is 4.21. The first-order chi connectivity index (χ1) is 10.4. The topological polar surface area (TPSA) is 62.2 Å². The first-order valence-corrected chi connectivity index (χ1v) is 7.60. The summed E-state index contributed by atoms with van der Waals surface area (Å²) in [7, 11) is 0. The minimum absolute atomic E-state index is 0.695. The highest BCUT2D eigenvalue weighted by Gasteiger charge is 2.00. The van der Waals surface area contributed by atoms with Crippen molar-refractivity contribution in [2.75, 3.05) is 18.5 Å². The van der Waals surface area contributed by atoms with Gasteiger partial charge in [0.2, 0.25) is 0 Å². The van der Waals surface area contributed by atoms with E-state index in [4.69, 9.17) is 0 Å². The number of nitrogens with one attached hydrogen (secondary N) is 2. The molecule has 0 saturated carbocycles. The van der Waals surface area contributed by atoms with Crippen LogP contribution in [0.4, 0.5) is 5.82 Å². The summed E-state index contributed by atoms with van der Waals surface area (Å²) in [6, 6.07) is 8.00. The lowest BCUT2D eigenvalue weighted by molar-refractivity contribution is 0.625. The average Bonchev–Trinajstić information content (AvgIpc) is 2.53. The van der Waals surface area contributed by atoms with Crippen LogP contribution in [0.15, 0.2) is 35.6 Å². The molecule has 0 fully saturated rings. The summed E-state index contributed by atoms with van der Waals surface area (Å²) in [6.45, 7) is 4.26. The Labute approximate surface area is 125 Å². The van der Waals surface area contributed by atoms with Crippen molar-refractivity contribution in [3.8, 4) is 0 Å². The molecule has 2 N–H and O–H groups in total. The number of nitrogens with zero attached hydrogens (tertiary/aromatic N) is 3. The number of fused-ring (bicyclic) bond motifs is 1.